The topological polar surface area (TPSA) is 94.3 Å². The maximum atomic E-state index is 12.5. The molecule has 6 heteroatoms. The summed E-state index contributed by atoms with van der Waals surface area (Å²) >= 11 is 0. The Labute approximate surface area is 119 Å². The van der Waals surface area contributed by atoms with Crippen LogP contribution in [-0.2, 0) is 11.3 Å². The highest BCUT2D eigenvalue weighted by Gasteiger charge is 2.20. The van der Waals surface area contributed by atoms with Crippen LogP contribution in [-0.4, -0.2) is 34.4 Å². The molecule has 1 heterocycles. The first-order chi connectivity index (χ1) is 9.49. The number of primary amides is 1. The van der Waals surface area contributed by atoms with Crippen LogP contribution in [0.15, 0.2) is 12.3 Å². The lowest BCUT2D eigenvalue weighted by molar-refractivity contribution is -0.118. The minimum absolute atomic E-state index is 0.0595. The van der Waals surface area contributed by atoms with Crippen molar-refractivity contribution in [3.8, 4) is 0 Å². The van der Waals surface area contributed by atoms with Gasteiger partial charge in [0, 0.05) is 19.3 Å². The molecule has 6 nitrogen and oxygen atoms in total. The van der Waals surface area contributed by atoms with Crippen molar-refractivity contribution < 1.29 is 9.59 Å². The van der Waals surface area contributed by atoms with Crippen LogP contribution in [0.2, 0.25) is 0 Å². The van der Waals surface area contributed by atoms with Crippen LogP contribution in [0.5, 0.6) is 0 Å². The standard InChI is InChI=1S/C14H24N4O2/c1-3-5-7-18(10-13(16)19)14(20)12-8-11(15)9-17(12)6-4-2/h8-9H,3-7,10,15H2,1-2H3,(H2,16,19). The normalized spacial score (nSPS) is 10.5. The van der Waals surface area contributed by atoms with E-state index < -0.39 is 5.91 Å². The number of aryl methyl sites for hydroxylation is 1. The highest BCUT2D eigenvalue weighted by atomic mass is 16.2. The Kier molecular flexibility index (Phi) is 6.09. The van der Waals surface area contributed by atoms with Gasteiger partial charge in [0.25, 0.3) is 5.91 Å². The number of amides is 2. The maximum absolute atomic E-state index is 12.5. The van der Waals surface area contributed by atoms with Crippen molar-refractivity contribution in [2.24, 2.45) is 5.73 Å². The number of aromatic nitrogens is 1. The Morgan fingerprint density at radius 3 is 2.55 bits per heavy atom. The van der Waals surface area contributed by atoms with Crippen LogP contribution in [0.4, 0.5) is 5.69 Å². The highest BCUT2D eigenvalue weighted by molar-refractivity contribution is 5.96. The van der Waals surface area contributed by atoms with Crippen molar-refractivity contribution in [1.29, 1.82) is 0 Å². The number of nitrogen functional groups attached to an aromatic ring is 1. The molecule has 0 radical (unpaired) electrons. The molecule has 112 valence electrons. The first kappa shape index (κ1) is 16.1. The van der Waals surface area contributed by atoms with Crippen molar-refractivity contribution in [3.05, 3.63) is 18.0 Å². The first-order valence-electron chi connectivity index (χ1n) is 7.02. The Balaban J connectivity index is 2.95. The lowest BCUT2D eigenvalue weighted by atomic mass is 10.2. The third-order valence-corrected chi connectivity index (χ3v) is 3.02. The van der Waals surface area contributed by atoms with E-state index in [-0.39, 0.29) is 12.5 Å². The number of nitrogens with zero attached hydrogens (tertiary/aromatic N) is 2. The Hall–Kier alpha value is -1.98. The van der Waals surface area contributed by atoms with Crippen LogP contribution in [0, 0.1) is 0 Å². The van der Waals surface area contributed by atoms with E-state index in [4.69, 9.17) is 11.5 Å². The Bertz CT molecular complexity index is 468. The molecule has 20 heavy (non-hydrogen) atoms. The van der Waals surface area contributed by atoms with Gasteiger partial charge in [-0.2, -0.15) is 0 Å². The third-order valence-electron chi connectivity index (χ3n) is 3.02. The van der Waals surface area contributed by atoms with Gasteiger partial charge in [-0.3, -0.25) is 9.59 Å². The molecule has 1 rings (SSSR count). The highest BCUT2D eigenvalue weighted by Crippen LogP contribution is 2.14. The molecule has 0 atom stereocenters. The van der Waals surface area contributed by atoms with Crippen LogP contribution in [0.3, 0.4) is 0 Å². The predicted molar refractivity (Wildman–Crippen MR) is 79.1 cm³/mol. The van der Waals surface area contributed by atoms with E-state index in [1.54, 1.807) is 12.3 Å². The van der Waals surface area contributed by atoms with Gasteiger partial charge in [0.15, 0.2) is 0 Å². The summed E-state index contributed by atoms with van der Waals surface area (Å²) in [5.41, 5.74) is 12.1. The van der Waals surface area contributed by atoms with Crippen molar-refractivity contribution >= 4 is 17.5 Å². The zero-order valence-corrected chi connectivity index (χ0v) is 12.3. The van der Waals surface area contributed by atoms with E-state index in [0.29, 0.717) is 17.9 Å². The summed E-state index contributed by atoms with van der Waals surface area (Å²) in [5, 5.41) is 0. The second-order valence-corrected chi connectivity index (χ2v) is 4.90. The van der Waals surface area contributed by atoms with E-state index in [9.17, 15) is 9.59 Å². The summed E-state index contributed by atoms with van der Waals surface area (Å²) in [6.45, 7) is 5.25. The van der Waals surface area contributed by atoms with Crippen molar-refractivity contribution in [3.63, 3.8) is 0 Å². The van der Waals surface area contributed by atoms with Gasteiger partial charge in [0.05, 0.1) is 12.2 Å². The SMILES string of the molecule is CCCCN(CC(N)=O)C(=O)c1cc(N)cn1CCC. The maximum Gasteiger partial charge on any atom is 0.271 e. The fourth-order valence-electron chi connectivity index (χ4n) is 2.09. The summed E-state index contributed by atoms with van der Waals surface area (Å²) in [6.07, 6.45) is 4.43. The van der Waals surface area contributed by atoms with Crippen LogP contribution < -0.4 is 11.5 Å². The molecule has 0 aliphatic heterocycles. The summed E-state index contributed by atoms with van der Waals surface area (Å²) < 4.78 is 1.83. The fraction of sp³-hybridized carbons (Fsp3) is 0.571. The number of hydrogen-bond acceptors (Lipinski definition) is 3. The molecule has 0 spiro atoms. The Morgan fingerprint density at radius 2 is 2.00 bits per heavy atom. The number of nitrogens with two attached hydrogens (primary N) is 2. The predicted octanol–water partition coefficient (Wildman–Crippen LogP) is 1.21. The smallest absolute Gasteiger partial charge is 0.271 e. The van der Waals surface area contributed by atoms with E-state index in [1.807, 2.05) is 18.4 Å². The lowest BCUT2D eigenvalue weighted by Crippen LogP contribution is -2.39. The van der Waals surface area contributed by atoms with Gasteiger partial charge >= 0.3 is 0 Å². The minimum Gasteiger partial charge on any atom is -0.397 e. The second kappa shape index (κ2) is 7.57. The summed E-state index contributed by atoms with van der Waals surface area (Å²) in [6, 6.07) is 1.65. The van der Waals surface area contributed by atoms with E-state index in [0.717, 1.165) is 25.8 Å². The van der Waals surface area contributed by atoms with Gasteiger partial charge in [-0.15, -0.1) is 0 Å². The number of anilines is 1. The monoisotopic (exact) mass is 280 g/mol. The summed E-state index contributed by atoms with van der Waals surface area (Å²) in [4.78, 5) is 25.2. The molecule has 1 aromatic heterocycles. The number of unbranched alkanes of at least 4 members (excludes halogenated alkanes) is 1. The van der Waals surface area contributed by atoms with Crippen molar-refractivity contribution in [1.82, 2.24) is 9.47 Å². The van der Waals surface area contributed by atoms with Gasteiger partial charge in [-0.1, -0.05) is 20.3 Å². The van der Waals surface area contributed by atoms with Gasteiger partial charge in [-0.05, 0) is 18.9 Å². The van der Waals surface area contributed by atoms with Gasteiger partial charge in [0.1, 0.15) is 5.69 Å². The molecule has 0 saturated carbocycles. The van der Waals surface area contributed by atoms with E-state index in [1.165, 1.54) is 4.90 Å². The molecule has 0 aliphatic carbocycles. The zero-order chi connectivity index (χ0) is 15.1. The van der Waals surface area contributed by atoms with Crippen LogP contribution in [0.25, 0.3) is 0 Å². The lowest BCUT2D eigenvalue weighted by Gasteiger charge is -2.21. The first-order valence-corrected chi connectivity index (χ1v) is 7.02. The van der Waals surface area contributed by atoms with Gasteiger partial charge < -0.3 is 20.9 Å². The molecule has 0 bridgehead atoms. The molecular weight excluding hydrogens is 256 g/mol. The number of rotatable bonds is 8. The minimum atomic E-state index is -0.504. The quantitative estimate of drug-likeness (QED) is 0.749. The van der Waals surface area contributed by atoms with Crippen LogP contribution in [0.1, 0.15) is 43.6 Å². The van der Waals surface area contributed by atoms with Gasteiger partial charge in [-0.25, -0.2) is 0 Å². The van der Waals surface area contributed by atoms with E-state index in [2.05, 4.69) is 0 Å². The average Bonchev–Trinajstić information content (AvgIpc) is 2.74. The van der Waals surface area contributed by atoms with E-state index >= 15 is 0 Å². The summed E-state index contributed by atoms with van der Waals surface area (Å²) in [5.74, 6) is -0.696. The summed E-state index contributed by atoms with van der Waals surface area (Å²) in [7, 11) is 0. The zero-order valence-electron chi connectivity index (χ0n) is 12.3. The molecule has 1 aromatic rings. The van der Waals surface area contributed by atoms with Crippen molar-refractivity contribution in [2.45, 2.75) is 39.7 Å². The number of hydrogen-bond donors (Lipinski definition) is 2. The third kappa shape index (κ3) is 4.29. The van der Waals surface area contributed by atoms with Crippen LogP contribution >= 0.6 is 0 Å². The molecular formula is C14H24N4O2. The molecule has 0 fully saturated rings. The number of carbonyl (C=O) groups excluding carboxylic acids is 2. The molecule has 4 N–H and O–H groups in total. The molecule has 0 aliphatic rings. The average molecular weight is 280 g/mol. The molecule has 2 amide bonds. The molecule has 0 unspecified atom stereocenters. The van der Waals surface area contributed by atoms with Crippen molar-refractivity contribution in [2.75, 3.05) is 18.8 Å². The fourth-order valence-corrected chi connectivity index (χ4v) is 2.09. The van der Waals surface area contributed by atoms with Gasteiger partial charge in [0.2, 0.25) is 5.91 Å². The molecule has 0 aromatic carbocycles. The number of carbonyl (C=O) groups is 2. The largest absolute Gasteiger partial charge is 0.397 e. The molecule has 0 saturated heterocycles. The second-order valence-electron chi connectivity index (χ2n) is 4.90. The Morgan fingerprint density at radius 1 is 1.30 bits per heavy atom.